The molecule has 0 fully saturated rings. The Morgan fingerprint density at radius 2 is 1.82 bits per heavy atom. The van der Waals surface area contributed by atoms with Crippen LogP contribution in [0.1, 0.15) is 19.4 Å². The van der Waals surface area contributed by atoms with Gasteiger partial charge in [-0.15, -0.1) is 0 Å². The fraction of sp³-hybridized carbons (Fsp3) is 0.238. The monoisotopic (exact) mass is 385 g/mol. The number of benzene rings is 2. The van der Waals surface area contributed by atoms with Gasteiger partial charge in [0.2, 0.25) is 5.91 Å². The summed E-state index contributed by atoms with van der Waals surface area (Å²) in [6, 6.07) is 15.4. The molecule has 2 aromatic carbocycles. The molecule has 0 aliphatic heterocycles. The number of likely N-dealkylation sites (N-methyl/N-ethyl adjacent to an activating group) is 1. The lowest BCUT2D eigenvalue weighted by Crippen LogP contribution is -2.29. The molecule has 1 N–H and O–H groups in total. The Morgan fingerprint density at radius 3 is 2.46 bits per heavy atom. The number of imidazole rings is 1. The number of halogens is 2. The van der Waals surface area contributed by atoms with Crippen LogP contribution in [0.3, 0.4) is 0 Å². The average Bonchev–Trinajstić information content (AvgIpc) is 3.13. The van der Waals surface area contributed by atoms with Crippen LogP contribution in [0.5, 0.6) is 5.75 Å². The van der Waals surface area contributed by atoms with Gasteiger partial charge in [0.25, 0.3) is 0 Å². The maximum Gasteiger partial charge on any atom is 0.387 e. The van der Waals surface area contributed by atoms with E-state index in [0.29, 0.717) is 23.4 Å². The molecule has 0 saturated heterocycles. The molecule has 0 aliphatic rings. The highest BCUT2D eigenvalue weighted by molar-refractivity contribution is 5.85. The number of hydrogen-bond acceptors (Lipinski definition) is 3. The lowest BCUT2D eigenvalue weighted by Gasteiger charge is -2.20. The van der Waals surface area contributed by atoms with Gasteiger partial charge in [-0.3, -0.25) is 4.79 Å². The molecule has 1 amide bonds. The lowest BCUT2D eigenvalue weighted by molar-refractivity contribution is -0.123. The summed E-state index contributed by atoms with van der Waals surface area (Å²) >= 11 is 0. The summed E-state index contributed by atoms with van der Waals surface area (Å²) in [5.74, 6) is -0.156. The number of para-hydroxylation sites is 1. The van der Waals surface area contributed by atoms with Crippen molar-refractivity contribution in [2.45, 2.75) is 26.0 Å². The third-order valence-corrected chi connectivity index (χ3v) is 4.47. The van der Waals surface area contributed by atoms with Crippen LogP contribution in [-0.2, 0) is 4.79 Å². The Morgan fingerprint density at radius 1 is 1.14 bits per heavy atom. The average molecular weight is 385 g/mol. The number of ether oxygens (including phenoxy) is 1. The van der Waals surface area contributed by atoms with Crippen molar-refractivity contribution in [2.75, 3.05) is 7.05 Å². The van der Waals surface area contributed by atoms with E-state index in [9.17, 15) is 13.6 Å². The van der Waals surface area contributed by atoms with Gasteiger partial charge in [-0.05, 0) is 18.6 Å². The van der Waals surface area contributed by atoms with Gasteiger partial charge in [0.15, 0.2) is 0 Å². The first-order valence-corrected chi connectivity index (χ1v) is 8.94. The van der Waals surface area contributed by atoms with Gasteiger partial charge in [-0.1, -0.05) is 49.4 Å². The number of carbonyl (C=O) groups is 1. The second-order valence-corrected chi connectivity index (χ2v) is 6.13. The van der Waals surface area contributed by atoms with Gasteiger partial charge in [0.05, 0.1) is 17.7 Å². The van der Waals surface area contributed by atoms with E-state index in [4.69, 9.17) is 4.74 Å². The maximum absolute atomic E-state index is 13.0. The van der Waals surface area contributed by atoms with Crippen LogP contribution in [0.25, 0.3) is 22.5 Å². The van der Waals surface area contributed by atoms with Crippen molar-refractivity contribution in [1.82, 2.24) is 14.9 Å². The van der Waals surface area contributed by atoms with E-state index in [-0.39, 0.29) is 11.7 Å². The van der Waals surface area contributed by atoms with Crippen LogP contribution >= 0.6 is 0 Å². The van der Waals surface area contributed by atoms with E-state index in [1.165, 1.54) is 6.07 Å². The summed E-state index contributed by atoms with van der Waals surface area (Å²) < 4.78 is 32.4. The number of nitrogens with zero attached hydrogens (tertiary/aromatic N) is 2. The Kier molecular flexibility index (Phi) is 6.03. The molecule has 28 heavy (non-hydrogen) atoms. The van der Waals surface area contributed by atoms with Crippen LogP contribution < -0.4 is 10.1 Å². The molecule has 0 radical (unpaired) electrons. The SMILES string of the molecule is CCC(C(=O)NC)n1cnc(-c2ccccc2)c1-c1ccccc1OC(F)F. The van der Waals surface area contributed by atoms with Gasteiger partial charge in [-0.25, -0.2) is 4.98 Å². The summed E-state index contributed by atoms with van der Waals surface area (Å²) in [5, 5.41) is 2.65. The van der Waals surface area contributed by atoms with Crippen molar-refractivity contribution in [3.05, 3.63) is 60.9 Å². The largest absolute Gasteiger partial charge is 0.434 e. The Balaban J connectivity index is 2.26. The molecule has 0 aliphatic carbocycles. The molecule has 5 nitrogen and oxygen atoms in total. The van der Waals surface area contributed by atoms with Gasteiger partial charge in [-0.2, -0.15) is 8.78 Å². The Bertz CT molecular complexity index is 942. The molecule has 1 heterocycles. The minimum Gasteiger partial charge on any atom is -0.434 e. The van der Waals surface area contributed by atoms with E-state index >= 15 is 0 Å². The minimum absolute atomic E-state index is 0.0307. The number of rotatable bonds is 7. The second-order valence-electron chi connectivity index (χ2n) is 6.13. The van der Waals surface area contributed by atoms with E-state index in [1.807, 2.05) is 37.3 Å². The zero-order chi connectivity index (χ0) is 20.1. The number of amides is 1. The summed E-state index contributed by atoms with van der Waals surface area (Å²) in [5.41, 5.74) is 2.41. The molecule has 146 valence electrons. The van der Waals surface area contributed by atoms with Gasteiger partial charge >= 0.3 is 6.61 Å². The van der Waals surface area contributed by atoms with E-state index < -0.39 is 12.7 Å². The highest BCUT2D eigenvalue weighted by atomic mass is 19.3. The smallest absolute Gasteiger partial charge is 0.387 e. The molecule has 0 bridgehead atoms. The number of carbonyl (C=O) groups excluding carboxylic acids is 1. The zero-order valence-electron chi connectivity index (χ0n) is 15.6. The molecule has 1 aromatic heterocycles. The topological polar surface area (TPSA) is 56.2 Å². The standard InChI is InChI=1S/C21H21F2N3O2/c1-3-16(20(27)24-2)26-13-25-18(14-9-5-4-6-10-14)19(26)15-11-7-8-12-17(15)28-21(22)23/h4-13,16,21H,3H2,1-2H3,(H,24,27). The van der Waals surface area contributed by atoms with Gasteiger partial charge in [0, 0.05) is 18.2 Å². The molecule has 1 unspecified atom stereocenters. The van der Waals surface area contributed by atoms with Crippen LogP contribution in [0.15, 0.2) is 60.9 Å². The summed E-state index contributed by atoms with van der Waals surface area (Å²) in [6.07, 6.45) is 2.08. The van der Waals surface area contributed by atoms with Crippen molar-refractivity contribution in [3.63, 3.8) is 0 Å². The zero-order valence-corrected chi connectivity index (χ0v) is 15.6. The van der Waals surface area contributed by atoms with Crippen LogP contribution in [0.2, 0.25) is 0 Å². The first-order valence-electron chi connectivity index (χ1n) is 8.94. The van der Waals surface area contributed by atoms with E-state index in [0.717, 1.165) is 5.56 Å². The first kappa shape index (κ1) is 19.5. The Hall–Kier alpha value is -3.22. The minimum atomic E-state index is -2.96. The van der Waals surface area contributed by atoms with E-state index in [1.54, 1.807) is 36.1 Å². The summed E-state index contributed by atoms with van der Waals surface area (Å²) in [7, 11) is 1.56. The lowest BCUT2D eigenvalue weighted by atomic mass is 10.0. The predicted octanol–water partition coefficient (Wildman–Crippen LogP) is 4.52. The first-order chi connectivity index (χ1) is 13.6. The Labute approximate surface area is 162 Å². The molecular formula is C21H21F2N3O2. The fourth-order valence-corrected chi connectivity index (χ4v) is 3.21. The van der Waals surface area contributed by atoms with Crippen molar-refractivity contribution in [1.29, 1.82) is 0 Å². The molecular weight excluding hydrogens is 364 g/mol. The number of aromatic nitrogens is 2. The predicted molar refractivity (Wildman–Crippen MR) is 103 cm³/mol. The van der Waals surface area contributed by atoms with Crippen molar-refractivity contribution < 1.29 is 18.3 Å². The van der Waals surface area contributed by atoms with Crippen LogP contribution in [0.4, 0.5) is 8.78 Å². The van der Waals surface area contributed by atoms with Gasteiger partial charge < -0.3 is 14.6 Å². The summed E-state index contributed by atoms with van der Waals surface area (Å²) in [4.78, 5) is 16.9. The van der Waals surface area contributed by atoms with Crippen molar-refractivity contribution >= 4 is 5.91 Å². The molecule has 0 saturated carbocycles. The fourth-order valence-electron chi connectivity index (χ4n) is 3.21. The molecule has 7 heteroatoms. The number of nitrogens with one attached hydrogen (secondary N) is 1. The number of alkyl halides is 2. The number of hydrogen-bond donors (Lipinski definition) is 1. The molecule has 1 atom stereocenters. The highest BCUT2D eigenvalue weighted by Gasteiger charge is 2.26. The van der Waals surface area contributed by atoms with Gasteiger partial charge in [0.1, 0.15) is 11.8 Å². The third kappa shape index (κ3) is 3.88. The highest BCUT2D eigenvalue weighted by Crippen LogP contribution is 2.39. The van der Waals surface area contributed by atoms with Crippen molar-refractivity contribution in [3.8, 4) is 28.3 Å². The van der Waals surface area contributed by atoms with Crippen molar-refractivity contribution in [2.24, 2.45) is 0 Å². The van der Waals surface area contributed by atoms with E-state index in [2.05, 4.69) is 10.3 Å². The third-order valence-electron chi connectivity index (χ3n) is 4.47. The summed E-state index contributed by atoms with van der Waals surface area (Å²) in [6.45, 7) is -1.08. The van der Waals surface area contributed by atoms with Crippen LogP contribution in [0, 0.1) is 0 Å². The van der Waals surface area contributed by atoms with Crippen LogP contribution in [-0.4, -0.2) is 29.1 Å². The molecule has 0 spiro atoms. The maximum atomic E-state index is 13.0. The second kappa shape index (κ2) is 8.65. The normalized spacial score (nSPS) is 12.0. The molecule has 3 rings (SSSR count). The molecule has 3 aromatic rings. The quantitative estimate of drug-likeness (QED) is 0.651.